The Bertz CT molecular complexity index is 1080. The van der Waals surface area contributed by atoms with Crippen LogP contribution in [0.5, 0.6) is 0 Å². The minimum Gasteiger partial charge on any atom is -0.383 e. The maximum absolute atomic E-state index is 13.4. The van der Waals surface area contributed by atoms with E-state index in [0.717, 1.165) is 80.5 Å². The van der Waals surface area contributed by atoms with Crippen molar-refractivity contribution in [3.05, 3.63) is 70.8 Å². The lowest BCUT2D eigenvalue weighted by Gasteiger charge is -2.33. The van der Waals surface area contributed by atoms with Crippen molar-refractivity contribution < 1.29 is 14.3 Å². The first-order valence-corrected chi connectivity index (χ1v) is 14.4. The lowest BCUT2D eigenvalue weighted by molar-refractivity contribution is -0.125. The van der Waals surface area contributed by atoms with Crippen LogP contribution in [0.1, 0.15) is 65.2 Å². The first kappa shape index (κ1) is 26.9. The molecule has 1 saturated carbocycles. The summed E-state index contributed by atoms with van der Waals surface area (Å²) in [6.45, 7) is 8.25. The number of aryl methyl sites for hydroxylation is 2. The number of hydrogen-bond acceptors (Lipinski definition) is 4. The first-order chi connectivity index (χ1) is 18.4. The van der Waals surface area contributed by atoms with Crippen LogP contribution in [-0.2, 0) is 9.53 Å². The summed E-state index contributed by atoms with van der Waals surface area (Å²) in [5.74, 6) is 1.48. The van der Waals surface area contributed by atoms with Crippen LogP contribution in [0.4, 0.5) is 0 Å². The van der Waals surface area contributed by atoms with Gasteiger partial charge in [-0.2, -0.15) is 0 Å². The van der Waals surface area contributed by atoms with Gasteiger partial charge >= 0.3 is 0 Å². The molecular formula is C32H43N3O3. The van der Waals surface area contributed by atoms with Gasteiger partial charge in [-0.05, 0) is 61.6 Å². The predicted octanol–water partition coefficient (Wildman–Crippen LogP) is 4.76. The first-order valence-electron chi connectivity index (χ1n) is 14.4. The molecule has 4 atom stereocenters. The summed E-state index contributed by atoms with van der Waals surface area (Å²) in [6.07, 6.45) is 5.13. The molecule has 1 N–H and O–H groups in total. The van der Waals surface area contributed by atoms with Gasteiger partial charge in [-0.1, -0.05) is 61.4 Å². The second-order valence-electron chi connectivity index (χ2n) is 11.7. The van der Waals surface area contributed by atoms with E-state index in [0.29, 0.717) is 18.4 Å². The number of likely N-dealkylation sites (tertiary alicyclic amines) is 2. The van der Waals surface area contributed by atoms with Gasteiger partial charge in [-0.15, -0.1) is 0 Å². The Morgan fingerprint density at radius 3 is 2.16 bits per heavy atom. The zero-order valence-electron chi connectivity index (χ0n) is 23.2. The number of nitrogens with one attached hydrogen (secondary N) is 1. The highest BCUT2D eigenvalue weighted by molar-refractivity contribution is 5.97. The Labute approximate surface area is 227 Å². The second kappa shape index (κ2) is 12.0. The lowest BCUT2D eigenvalue weighted by atomic mass is 9.97. The largest absolute Gasteiger partial charge is 0.383 e. The van der Waals surface area contributed by atoms with E-state index in [9.17, 15) is 9.59 Å². The van der Waals surface area contributed by atoms with Crippen LogP contribution in [0.25, 0.3) is 0 Å². The molecule has 1 aliphatic carbocycles. The van der Waals surface area contributed by atoms with Crippen molar-refractivity contribution >= 4 is 11.8 Å². The summed E-state index contributed by atoms with van der Waals surface area (Å²) in [7, 11) is 1.77. The van der Waals surface area contributed by atoms with Gasteiger partial charge in [0.25, 0.3) is 5.91 Å². The Morgan fingerprint density at radius 1 is 0.921 bits per heavy atom. The third-order valence-corrected chi connectivity index (χ3v) is 9.12. The van der Waals surface area contributed by atoms with Gasteiger partial charge in [0, 0.05) is 50.8 Å². The predicted molar refractivity (Wildman–Crippen MR) is 150 cm³/mol. The SMILES string of the molecule is COCC(CC(NC(=O)C1CCCC1)c1ccccc1)N1CC2CN(C(=O)c3c(C)cccc3C)CC2C1. The van der Waals surface area contributed by atoms with Gasteiger partial charge in [-0.3, -0.25) is 14.5 Å². The smallest absolute Gasteiger partial charge is 0.254 e. The topological polar surface area (TPSA) is 61.9 Å². The number of rotatable bonds is 9. The molecule has 4 unspecified atom stereocenters. The van der Waals surface area contributed by atoms with E-state index in [4.69, 9.17) is 4.74 Å². The van der Waals surface area contributed by atoms with Crippen molar-refractivity contribution in [2.75, 3.05) is 39.9 Å². The Kier molecular flexibility index (Phi) is 8.49. The van der Waals surface area contributed by atoms with Gasteiger partial charge in [0.15, 0.2) is 0 Å². The fourth-order valence-corrected chi connectivity index (χ4v) is 7.03. The number of ether oxygens (including phenoxy) is 1. The number of methoxy groups -OCH3 is 1. The summed E-state index contributed by atoms with van der Waals surface area (Å²) >= 11 is 0. The molecule has 2 aromatic rings. The maximum atomic E-state index is 13.4. The highest BCUT2D eigenvalue weighted by Crippen LogP contribution is 2.35. The van der Waals surface area contributed by atoms with Crippen molar-refractivity contribution in [2.24, 2.45) is 17.8 Å². The molecule has 0 aromatic heterocycles. The third kappa shape index (κ3) is 5.81. The highest BCUT2D eigenvalue weighted by atomic mass is 16.5. The normalized spacial score (nSPS) is 23.4. The number of nitrogens with zero attached hydrogens (tertiary/aromatic N) is 2. The van der Waals surface area contributed by atoms with Gasteiger partial charge in [0.05, 0.1) is 12.6 Å². The van der Waals surface area contributed by atoms with Crippen LogP contribution in [-0.4, -0.2) is 67.6 Å². The summed E-state index contributed by atoms with van der Waals surface area (Å²) < 4.78 is 5.70. The number of hydrogen-bond donors (Lipinski definition) is 1. The average molecular weight is 518 g/mol. The van der Waals surface area contributed by atoms with E-state index in [2.05, 4.69) is 39.4 Å². The molecule has 2 heterocycles. The van der Waals surface area contributed by atoms with Crippen LogP contribution in [0.3, 0.4) is 0 Å². The van der Waals surface area contributed by atoms with Gasteiger partial charge in [-0.25, -0.2) is 0 Å². The number of carbonyl (C=O) groups is 2. The maximum Gasteiger partial charge on any atom is 0.254 e. The monoisotopic (exact) mass is 517 g/mol. The van der Waals surface area contributed by atoms with Crippen molar-refractivity contribution in [1.82, 2.24) is 15.1 Å². The molecule has 5 rings (SSSR count). The zero-order valence-corrected chi connectivity index (χ0v) is 23.2. The molecule has 6 heteroatoms. The summed E-state index contributed by atoms with van der Waals surface area (Å²) in [5, 5.41) is 3.41. The molecule has 0 radical (unpaired) electrons. The van der Waals surface area contributed by atoms with E-state index in [1.807, 2.05) is 38.1 Å². The molecule has 3 aliphatic rings. The number of carbonyl (C=O) groups excluding carboxylic acids is 2. The van der Waals surface area contributed by atoms with Crippen LogP contribution >= 0.6 is 0 Å². The van der Waals surface area contributed by atoms with Crippen LogP contribution in [0.2, 0.25) is 0 Å². The Morgan fingerprint density at radius 2 is 1.55 bits per heavy atom. The van der Waals surface area contributed by atoms with E-state index in [1.165, 1.54) is 0 Å². The van der Waals surface area contributed by atoms with Crippen LogP contribution < -0.4 is 5.32 Å². The highest BCUT2D eigenvalue weighted by Gasteiger charge is 2.44. The van der Waals surface area contributed by atoms with E-state index < -0.39 is 0 Å². The van der Waals surface area contributed by atoms with Gasteiger partial charge in [0.2, 0.25) is 5.91 Å². The van der Waals surface area contributed by atoms with Crippen LogP contribution in [0, 0.1) is 31.6 Å². The van der Waals surface area contributed by atoms with E-state index in [1.54, 1.807) is 7.11 Å². The molecule has 2 saturated heterocycles. The fraction of sp³-hybridized carbons (Fsp3) is 0.562. The molecule has 2 aliphatic heterocycles. The second-order valence-corrected chi connectivity index (χ2v) is 11.7. The van der Waals surface area contributed by atoms with Crippen molar-refractivity contribution in [2.45, 2.75) is 58.0 Å². The molecule has 204 valence electrons. The van der Waals surface area contributed by atoms with Crippen molar-refractivity contribution in [3.8, 4) is 0 Å². The number of fused-ring (bicyclic) bond motifs is 1. The Balaban J connectivity index is 1.25. The standard InChI is InChI=1S/C32H43N3O3/c1-22-10-9-11-23(2)30(22)32(37)35-19-26-17-34(18-27(26)20-35)28(21-38-3)16-29(24-12-5-4-6-13-24)33-31(36)25-14-7-8-15-25/h4-6,9-13,25-29H,7-8,14-21H2,1-3H3,(H,33,36). The molecule has 2 amide bonds. The van der Waals surface area contributed by atoms with E-state index >= 15 is 0 Å². The fourth-order valence-electron chi connectivity index (χ4n) is 7.03. The van der Waals surface area contributed by atoms with Crippen LogP contribution in [0.15, 0.2) is 48.5 Å². The molecule has 6 nitrogen and oxygen atoms in total. The third-order valence-electron chi connectivity index (χ3n) is 9.12. The molecule has 0 bridgehead atoms. The molecule has 3 fully saturated rings. The zero-order chi connectivity index (χ0) is 26.6. The Hall–Kier alpha value is -2.70. The number of amides is 2. The van der Waals surface area contributed by atoms with Gasteiger partial charge < -0.3 is 15.0 Å². The summed E-state index contributed by atoms with van der Waals surface area (Å²) in [6, 6.07) is 16.6. The lowest BCUT2D eigenvalue weighted by Crippen LogP contribution is -2.43. The quantitative estimate of drug-likeness (QED) is 0.521. The van der Waals surface area contributed by atoms with Gasteiger partial charge in [0.1, 0.15) is 0 Å². The number of benzene rings is 2. The van der Waals surface area contributed by atoms with E-state index in [-0.39, 0.29) is 29.8 Å². The molecule has 2 aromatic carbocycles. The molecule has 0 spiro atoms. The molecule has 38 heavy (non-hydrogen) atoms. The van der Waals surface area contributed by atoms with Crippen molar-refractivity contribution in [3.63, 3.8) is 0 Å². The average Bonchev–Trinajstić information content (AvgIpc) is 3.65. The minimum atomic E-state index is -0.0352. The molecular weight excluding hydrogens is 474 g/mol. The summed E-state index contributed by atoms with van der Waals surface area (Å²) in [4.78, 5) is 31.1. The van der Waals surface area contributed by atoms with Crippen molar-refractivity contribution in [1.29, 1.82) is 0 Å². The minimum absolute atomic E-state index is 0.0352. The summed E-state index contributed by atoms with van der Waals surface area (Å²) in [5.41, 5.74) is 4.14.